The molecule has 4 aromatic rings. The Morgan fingerprint density at radius 3 is 2.40 bits per heavy atom. The summed E-state index contributed by atoms with van der Waals surface area (Å²) in [6.07, 6.45) is 4.60. The number of rotatable bonds is 9. The van der Waals surface area contributed by atoms with Gasteiger partial charge in [0.15, 0.2) is 5.13 Å². The van der Waals surface area contributed by atoms with Crippen molar-refractivity contribution in [1.29, 1.82) is 0 Å². The number of carboxylic acids is 1. The van der Waals surface area contributed by atoms with Crippen LogP contribution in [0.25, 0.3) is 11.3 Å². The molecule has 3 aromatic carbocycles. The Morgan fingerprint density at radius 1 is 0.976 bits per heavy atom. The van der Waals surface area contributed by atoms with Gasteiger partial charge in [-0.2, -0.15) is 0 Å². The highest BCUT2D eigenvalue weighted by Gasteiger charge is 2.20. The summed E-state index contributed by atoms with van der Waals surface area (Å²) < 4.78 is 0. The largest absolute Gasteiger partial charge is 0.481 e. The molecule has 1 amide bonds. The molecule has 0 saturated carbocycles. The van der Waals surface area contributed by atoms with Crippen LogP contribution in [-0.4, -0.2) is 28.5 Å². The molecule has 1 heterocycles. The van der Waals surface area contributed by atoms with Crippen LogP contribution in [0.2, 0.25) is 0 Å². The Morgan fingerprint density at radius 2 is 1.71 bits per heavy atom. The van der Waals surface area contributed by atoms with Crippen LogP contribution in [0, 0.1) is 6.92 Å². The fourth-order valence-electron chi connectivity index (χ4n) is 5.42. The fourth-order valence-corrected chi connectivity index (χ4v) is 6.26. The average Bonchev–Trinajstić information content (AvgIpc) is 3.45. The van der Waals surface area contributed by atoms with E-state index in [1.165, 1.54) is 35.1 Å². The summed E-state index contributed by atoms with van der Waals surface area (Å²) in [7, 11) is 0. The molecular formula is C35H39N3O3S. The molecule has 0 aliphatic heterocycles. The van der Waals surface area contributed by atoms with Gasteiger partial charge in [0.05, 0.1) is 18.7 Å². The molecule has 0 fully saturated rings. The third-order valence-electron chi connectivity index (χ3n) is 7.92. The second kappa shape index (κ2) is 12.5. The number of aromatic nitrogens is 1. The summed E-state index contributed by atoms with van der Waals surface area (Å²) in [5.41, 5.74) is 10.3. The Bertz CT molecular complexity index is 1580. The smallest absolute Gasteiger partial charge is 0.305 e. The fraction of sp³-hybridized carbons (Fsp3) is 0.343. The molecular weight excluding hydrogens is 542 g/mol. The number of benzene rings is 3. The van der Waals surface area contributed by atoms with Crippen LogP contribution in [-0.2, 0) is 29.6 Å². The van der Waals surface area contributed by atoms with Gasteiger partial charge in [0.1, 0.15) is 0 Å². The van der Waals surface area contributed by atoms with E-state index in [-0.39, 0.29) is 24.3 Å². The molecule has 42 heavy (non-hydrogen) atoms. The van der Waals surface area contributed by atoms with Crippen molar-refractivity contribution >= 4 is 34.0 Å². The van der Waals surface area contributed by atoms with Crippen molar-refractivity contribution in [2.24, 2.45) is 0 Å². The normalized spacial score (nSPS) is 13.0. The number of aryl methyl sites for hydroxylation is 3. The van der Waals surface area contributed by atoms with Crippen molar-refractivity contribution in [3.8, 4) is 11.3 Å². The SMILES string of the molecule is Cc1cc(C(C)(C)C)ccc1-c1csc(N(Cc2ccc(C(=O)NCCC(=O)O)cc2)c2ccc3c(c2)CCCC3)n1. The molecule has 218 valence electrons. The number of aliphatic carboxylic acids is 1. The molecule has 1 aliphatic rings. The third-order valence-corrected chi connectivity index (χ3v) is 8.78. The van der Waals surface area contributed by atoms with Gasteiger partial charge < -0.3 is 15.3 Å². The number of nitrogens with one attached hydrogen (secondary N) is 1. The van der Waals surface area contributed by atoms with E-state index in [0.717, 1.165) is 40.5 Å². The van der Waals surface area contributed by atoms with Gasteiger partial charge in [-0.05, 0) is 90.1 Å². The van der Waals surface area contributed by atoms with Crippen LogP contribution in [0.3, 0.4) is 0 Å². The molecule has 0 atom stereocenters. The van der Waals surface area contributed by atoms with Crippen molar-refractivity contribution in [1.82, 2.24) is 10.3 Å². The lowest BCUT2D eigenvalue weighted by Crippen LogP contribution is -2.26. The van der Waals surface area contributed by atoms with Gasteiger partial charge in [0, 0.05) is 28.7 Å². The van der Waals surface area contributed by atoms with E-state index in [0.29, 0.717) is 12.1 Å². The van der Waals surface area contributed by atoms with Crippen LogP contribution in [0.15, 0.2) is 66.0 Å². The summed E-state index contributed by atoms with van der Waals surface area (Å²) >= 11 is 1.64. The molecule has 7 heteroatoms. The van der Waals surface area contributed by atoms with Crippen LogP contribution < -0.4 is 10.2 Å². The first-order chi connectivity index (χ1) is 20.1. The van der Waals surface area contributed by atoms with Crippen LogP contribution in [0.4, 0.5) is 10.8 Å². The number of hydrogen-bond donors (Lipinski definition) is 2. The minimum atomic E-state index is -0.935. The molecule has 1 aromatic heterocycles. The molecule has 2 N–H and O–H groups in total. The number of thiazole rings is 1. The number of fused-ring (bicyclic) bond motifs is 1. The lowest BCUT2D eigenvalue weighted by atomic mass is 9.85. The molecule has 0 saturated heterocycles. The zero-order chi connectivity index (χ0) is 29.9. The molecule has 1 aliphatic carbocycles. The summed E-state index contributed by atoms with van der Waals surface area (Å²) in [5.74, 6) is -1.21. The number of carbonyl (C=O) groups excluding carboxylic acids is 1. The molecule has 0 bridgehead atoms. The lowest BCUT2D eigenvalue weighted by Gasteiger charge is -2.25. The summed E-state index contributed by atoms with van der Waals surface area (Å²) in [6.45, 7) is 9.57. The molecule has 0 unspecified atom stereocenters. The number of carbonyl (C=O) groups is 2. The number of anilines is 2. The van der Waals surface area contributed by atoms with Gasteiger partial charge in [-0.3, -0.25) is 9.59 Å². The zero-order valence-corrected chi connectivity index (χ0v) is 25.7. The zero-order valence-electron chi connectivity index (χ0n) is 24.9. The van der Waals surface area contributed by atoms with Crippen molar-refractivity contribution in [3.05, 3.63) is 99.4 Å². The third kappa shape index (κ3) is 6.90. The van der Waals surface area contributed by atoms with Crippen molar-refractivity contribution in [3.63, 3.8) is 0 Å². The van der Waals surface area contributed by atoms with Crippen LogP contribution in [0.1, 0.15) is 78.2 Å². The minimum absolute atomic E-state index is 0.0917. The second-order valence-electron chi connectivity index (χ2n) is 12.1. The summed E-state index contributed by atoms with van der Waals surface area (Å²) in [6, 6.07) is 21.0. The number of amides is 1. The van der Waals surface area contributed by atoms with Crippen LogP contribution >= 0.6 is 11.3 Å². The highest BCUT2D eigenvalue weighted by Crippen LogP contribution is 2.37. The van der Waals surface area contributed by atoms with E-state index in [4.69, 9.17) is 10.1 Å². The quantitative estimate of drug-likeness (QED) is 0.210. The monoisotopic (exact) mass is 581 g/mol. The van der Waals surface area contributed by atoms with Gasteiger partial charge in [0.25, 0.3) is 5.91 Å². The van der Waals surface area contributed by atoms with Crippen molar-refractivity contribution < 1.29 is 14.7 Å². The maximum absolute atomic E-state index is 12.5. The average molecular weight is 582 g/mol. The predicted octanol–water partition coefficient (Wildman–Crippen LogP) is 7.84. The first-order valence-corrected chi connectivity index (χ1v) is 15.5. The van der Waals surface area contributed by atoms with E-state index < -0.39 is 5.97 Å². The van der Waals surface area contributed by atoms with Gasteiger partial charge in [-0.15, -0.1) is 11.3 Å². The summed E-state index contributed by atoms with van der Waals surface area (Å²) in [5, 5.41) is 14.6. The molecule has 0 radical (unpaired) electrons. The van der Waals surface area contributed by atoms with Crippen LogP contribution in [0.5, 0.6) is 0 Å². The van der Waals surface area contributed by atoms with Gasteiger partial charge in [0.2, 0.25) is 0 Å². The minimum Gasteiger partial charge on any atom is -0.481 e. The topological polar surface area (TPSA) is 82.5 Å². The maximum Gasteiger partial charge on any atom is 0.305 e. The van der Waals surface area contributed by atoms with Gasteiger partial charge in [-0.1, -0.05) is 57.2 Å². The van der Waals surface area contributed by atoms with E-state index in [9.17, 15) is 9.59 Å². The highest BCUT2D eigenvalue weighted by atomic mass is 32.1. The summed E-state index contributed by atoms with van der Waals surface area (Å²) in [4.78, 5) is 30.6. The van der Waals surface area contributed by atoms with Crippen molar-refractivity contribution in [2.45, 2.75) is 71.8 Å². The standard InChI is InChI=1S/C35H39N3O3S/c1-23-19-28(35(2,3)4)14-16-30(23)31-22-42-34(37-31)38(29-15-13-25-7-5-6-8-27(25)20-29)21-24-9-11-26(12-10-24)33(41)36-18-17-32(39)40/h9-16,19-20,22H,5-8,17-18,21H2,1-4H3,(H,36,41)(H,39,40). The molecule has 0 spiro atoms. The second-order valence-corrected chi connectivity index (χ2v) is 13.0. The lowest BCUT2D eigenvalue weighted by molar-refractivity contribution is -0.136. The van der Waals surface area contributed by atoms with E-state index in [2.05, 4.69) is 79.7 Å². The van der Waals surface area contributed by atoms with Gasteiger partial charge in [-0.25, -0.2) is 4.98 Å². The number of carboxylic acid groups (broad SMARTS) is 1. The van der Waals surface area contributed by atoms with E-state index in [1.54, 1.807) is 23.5 Å². The Kier molecular flexibility index (Phi) is 8.78. The Hall–Kier alpha value is -3.97. The highest BCUT2D eigenvalue weighted by molar-refractivity contribution is 7.14. The number of nitrogens with zero attached hydrogens (tertiary/aromatic N) is 2. The Labute approximate surface area is 252 Å². The molecule has 6 nitrogen and oxygen atoms in total. The number of hydrogen-bond acceptors (Lipinski definition) is 5. The van der Waals surface area contributed by atoms with Gasteiger partial charge >= 0.3 is 5.97 Å². The molecule has 5 rings (SSSR count). The van der Waals surface area contributed by atoms with E-state index >= 15 is 0 Å². The van der Waals surface area contributed by atoms with Crippen molar-refractivity contribution in [2.75, 3.05) is 11.4 Å². The maximum atomic E-state index is 12.5. The Balaban J connectivity index is 1.43. The van der Waals surface area contributed by atoms with E-state index in [1.807, 2.05) is 12.1 Å². The first kappa shape index (κ1) is 29.5. The predicted molar refractivity (Wildman–Crippen MR) is 171 cm³/mol. The first-order valence-electron chi connectivity index (χ1n) is 14.6.